The van der Waals surface area contributed by atoms with E-state index in [-0.39, 0.29) is 5.97 Å². The van der Waals surface area contributed by atoms with Gasteiger partial charge in [-0.1, -0.05) is 17.7 Å². The number of ether oxygens (including phenoxy) is 2. The van der Waals surface area contributed by atoms with Crippen LogP contribution >= 0.6 is 11.6 Å². The third-order valence-corrected chi connectivity index (χ3v) is 4.35. The average Bonchev–Trinajstić information content (AvgIpc) is 3.22. The fourth-order valence-corrected chi connectivity index (χ4v) is 2.85. The molecule has 1 aromatic heterocycles. The van der Waals surface area contributed by atoms with E-state index in [1.165, 1.54) is 0 Å². The summed E-state index contributed by atoms with van der Waals surface area (Å²) in [5, 5.41) is 3.88. The van der Waals surface area contributed by atoms with Gasteiger partial charge in [-0.15, -0.1) is 0 Å². The van der Waals surface area contributed by atoms with Crippen LogP contribution in [0.1, 0.15) is 22.8 Å². The topological polar surface area (TPSA) is 65.4 Å². The standard InChI is InChI=1S/C21H22ClN3O3/c1-2-27-21(26)17-4-6-18(7-5-17)24-14-16-3-8-20(19(22)13-16)28-12-11-25-10-9-23-15-25/h3-10,13,15,24H,2,11-12,14H2,1H3. The fraction of sp³-hybridized carbons (Fsp3) is 0.238. The zero-order valence-electron chi connectivity index (χ0n) is 15.6. The van der Waals surface area contributed by atoms with Gasteiger partial charge in [0.05, 0.1) is 30.1 Å². The van der Waals surface area contributed by atoms with Crippen molar-refractivity contribution in [3.05, 3.63) is 77.3 Å². The molecule has 0 saturated carbocycles. The number of esters is 1. The second-order valence-electron chi connectivity index (χ2n) is 6.07. The van der Waals surface area contributed by atoms with Gasteiger partial charge in [0, 0.05) is 24.6 Å². The molecule has 0 radical (unpaired) electrons. The Kier molecular flexibility index (Phi) is 6.92. The van der Waals surface area contributed by atoms with Crippen LogP contribution in [-0.2, 0) is 17.8 Å². The summed E-state index contributed by atoms with van der Waals surface area (Å²) in [6, 6.07) is 12.9. The summed E-state index contributed by atoms with van der Waals surface area (Å²) in [5.41, 5.74) is 2.47. The minimum absolute atomic E-state index is 0.315. The van der Waals surface area contributed by atoms with Crippen molar-refractivity contribution in [2.45, 2.75) is 20.0 Å². The highest BCUT2D eigenvalue weighted by atomic mass is 35.5. The van der Waals surface area contributed by atoms with Gasteiger partial charge in [0.25, 0.3) is 0 Å². The van der Waals surface area contributed by atoms with Crippen LogP contribution in [-0.4, -0.2) is 28.7 Å². The first-order chi connectivity index (χ1) is 13.7. The molecule has 0 saturated heterocycles. The summed E-state index contributed by atoms with van der Waals surface area (Å²) in [5.74, 6) is 0.341. The van der Waals surface area contributed by atoms with Crippen molar-refractivity contribution in [1.82, 2.24) is 9.55 Å². The number of anilines is 1. The van der Waals surface area contributed by atoms with E-state index < -0.39 is 0 Å². The molecule has 6 nitrogen and oxygen atoms in total. The van der Waals surface area contributed by atoms with Gasteiger partial charge in [-0.2, -0.15) is 0 Å². The van der Waals surface area contributed by atoms with Crippen molar-refractivity contribution in [2.75, 3.05) is 18.5 Å². The Labute approximate surface area is 169 Å². The lowest BCUT2D eigenvalue weighted by molar-refractivity contribution is 0.0526. The number of nitrogens with zero attached hydrogens (tertiary/aromatic N) is 2. The molecule has 0 atom stereocenters. The summed E-state index contributed by atoms with van der Waals surface area (Å²) in [7, 11) is 0. The molecule has 2 aromatic carbocycles. The molecule has 3 rings (SSSR count). The van der Waals surface area contributed by atoms with Gasteiger partial charge < -0.3 is 19.4 Å². The number of carbonyl (C=O) groups is 1. The van der Waals surface area contributed by atoms with Crippen LogP contribution in [0.5, 0.6) is 5.75 Å². The number of carbonyl (C=O) groups excluding carboxylic acids is 1. The predicted octanol–water partition coefficient (Wildman–Crippen LogP) is 4.40. The van der Waals surface area contributed by atoms with Crippen LogP contribution in [0.25, 0.3) is 0 Å². The smallest absolute Gasteiger partial charge is 0.338 e. The maximum Gasteiger partial charge on any atom is 0.338 e. The molecule has 7 heteroatoms. The molecule has 0 fully saturated rings. The van der Waals surface area contributed by atoms with E-state index in [1.54, 1.807) is 31.6 Å². The molecule has 0 bridgehead atoms. The van der Waals surface area contributed by atoms with Gasteiger partial charge in [-0.3, -0.25) is 0 Å². The molecule has 0 amide bonds. The first-order valence-corrected chi connectivity index (χ1v) is 9.41. The Balaban J connectivity index is 1.50. The molecule has 0 aliphatic heterocycles. The van der Waals surface area contributed by atoms with E-state index >= 15 is 0 Å². The maximum atomic E-state index is 11.7. The monoisotopic (exact) mass is 399 g/mol. The number of halogens is 1. The molecule has 1 heterocycles. The van der Waals surface area contributed by atoms with Crippen molar-refractivity contribution >= 4 is 23.3 Å². The van der Waals surface area contributed by atoms with Crippen molar-refractivity contribution in [1.29, 1.82) is 0 Å². The molecule has 28 heavy (non-hydrogen) atoms. The normalized spacial score (nSPS) is 10.5. The first kappa shape index (κ1) is 19.8. The van der Waals surface area contributed by atoms with Crippen LogP contribution < -0.4 is 10.1 Å². The molecule has 0 spiro atoms. The molecule has 146 valence electrons. The summed E-state index contributed by atoms with van der Waals surface area (Å²) in [6.45, 7) is 3.98. The van der Waals surface area contributed by atoms with Gasteiger partial charge in [0.2, 0.25) is 0 Å². The van der Waals surface area contributed by atoms with E-state index in [0.29, 0.717) is 42.6 Å². The van der Waals surface area contributed by atoms with Gasteiger partial charge in [0.1, 0.15) is 12.4 Å². The molecule has 0 aliphatic rings. The lowest BCUT2D eigenvalue weighted by Gasteiger charge is -2.11. The Bertz CT molecular complexity index is 896. The van der Waals surface area contributed by atoms with E-state index in [1.807, 2.05) is 41.1 Å². The zero-order valence-corrected chi connectivity index (χ0v) is 16.4. The van der Waals surface area contributed by atoms with E-state index in [2.05, 4.69) is 10.3 Å². The SMILES string of the molecule is CCOC(=O)c1ccc(NCc2ccc(OCCn3ccnc3)c(Cl)c2)cc1. The van der Waals surface area contributed by atoms with Crippen molar-refractivity contribution < 1.29 is 14.3 Å². The first-order valence-electron chi connectivity index (χ1n) is 9.03. The zero-order chi connectivity index (χ0) is 19.8. The average molecular weight is 400 g/mol. The number of hydrogen-bond donors (Lipinski definition) is 1. The van der Waals surface area contributed by atoms with Gasteiger partial charge in [-0.05, 0) is 48.9 Å². The molecule has 1 N–H and O–H groups in total. The minimum atomic E-state index is -0.315. The molecular formula is C21H22ClN3O3. The largest absolute Gasteiger partial charge is 0.490 e. The number of hydrogen-bond acceptors (Lipinski definition) is 5. The number of aromatic nitrogens is 2. The third-order valence-electron chi connectivity index (χ3n) is 4.06. The maximum absolute atomic E-state index is 11.7. The Hall–Kier alpha value is -2.99. The number of benzene rings is 2. The molecule has 0 aliphatic carbocycles. The number of imidazole rings is 1. The Morgan fingerprint density at radius 1 is 1.21 bits per heavy atom. The quantitative estimate of drug-likeness (QED) is 0.540. The molecule has 3 aromatic rings. The van der Waals surface area contributed by atoms with Gasteiger partial charge in [-0.25, -0.2) is 9.78 Å². The van der Waals surface area contributed by atoms with Crippen LogP contribution in [0.2, 0.25) is 5.02 Å². The van der Waals surface area contributed by atoms with Gasteiger partial charge in [0.15, 0.2) is 0 Å². The third kappa shape index (κ3) is 5.50. The summed E-state index contributed by atoms with van der Waals surface area (Å²) in [4.78, 5) is 15.7. The summed E-state index contributed by atoms with van der Waals surface area (Å²) < 4.78 is 12.7. The predicted molar refractivity (Wildman–Crippen MR) is 109 cm³/mol. The number of rotatable bonds is 9. The second-order valence-corrected chi connectivity index (χ2v) is 6.47. The molecular weight excluding hydrogens is 378 g/mol. The number of nitrogens with one attached hydrogen (secondary N) is 1. The van der Waals surface area contributed by atoms with Crippen molar-refractivity contribution in [2.24, 2.45) is 0 Å². The van der Waals surface area contributed by atoms with E-state index in [4.69, 9.17) is 21.1 Å². The highest BCUT2D eigenvalue weighted by molar-refractivity contribution is 6.32. The van der Waals surface area contributed by atoms with Crippen LogP contribution in [0, 0.1) is 0 Å². The van der Waals surface area contributed by atoms with E-state index in [0.717, 1.165) is 11.3 Å². The lowest BCUT2D eigenvalue weighted by Crippen LogP contribution is -2.07. The fourth-order valence-electron chi connectivity index (χ4n) is 2.59. The van der Waals surface area contributed by atoms with Crippen molar-refractivity contribution in [3.8, 4) is 5.75 Å². The van der Waals surface area contributed by atoms with Crippen molar-refractivity contribution in [3.63, 3.8) is 0 Å². The van der Waals surface area contributed by atoms with E-state index in [9.17, 15) is 4.79 Å². The Morgan fingerprint density at radius 3 is 2.71 bits per heavy atom. The van der Waals surface area contributed by atoms with Crippen LogP contribution in [0.15, 0.2) is 61.2 Å². The molecule has 0 unspecified atom stereocenters. The highest BCUT2D eigenvalue weighted by Crippen LogP contribution is 2.26. The van der Waals surface area contributed by atoms with Crippen LogP contribution in [0.3, 0.4) is 0 Å². The lowest BCUT2D eigenvalue weighted by atomic mass is 10.2. The Morgan fingerprint density at radius 2 is 2.04 bits per heavy atom. The second kappa shape index (κ2) is 9.80. The van der Waals surface area contributed by atoms with Crippen LogP contribution in [0.4, 0.5) is 5.69 Å². The summed E-state index contributed by atoms with van der Waals surface area (Å²) >= 11 is 6.33. The highest BCUT2D eigenvalue weighted by Gasteiger charge is 2.06. The van der Waals surface area contributed by atoms with Gasteiger partial charge >= 0.3 is 5.97 Å². The summed E-state index contributed by atoms with van der Waals surface area (Å²) in [6.07, 6.45) is 5.37. The minimum Gasteiger partial charge on any atom is -0.490 e.